The fraction of sp³-hybridized carbons (Fsp3) is 0.552. The van der Waals surface area contributed by atoms with Crippen LogP contribution in [0.2, 0.25) is 5.02 Å². The number of carbonyl (C=O) groups is 1. The molecule has 3 aliphatic rings. The molecule has 1 amide bonds. The summed E-state index contributed by atoms with van der Waals surface area (Å²) >= 11 is 7.37. The molecule has 0 aromatic heterocycles. The second-order valence-corrected chi connectivity index (χ2v) is 13.2. The van der Waals surface area contributed by atoms with Crippen molar-refractivity contribution in [3.05, 3.63) is 69.2 Å². The van der Waals surface area contributed by atoms with Crippen LogP contribution >= 0.6 is 23.5 Å². The van der Waals surface area contributed by atoms with Crippen LogP contribution in [0.5, 0.6) is 0 Å². The fourth-order valence-electron chi connectivity index (χ4n) is 5.03. The Kier molecular flexibility index (Phi) is 8.07. The van der Waals surface area contributed by atoms with Crippen molar-refractivity contribution in [1.29, 1.82) is 0 Å². The van der Waals surface area contributed by atoms with Gasteiger partial charge in [-0.1, -0.05) is 11.6 Å². The first-order valence-electron chi connectivity index (χ1n) is 13.3. The average Bonchev–Trinajstić information content (AvgIpc) is 3.80. The number of halogens is 4. The molecule has 1 heterocycles. The number of alkyl halides is 1. The van der Waals surface area contributed by atoms with Crippen molar-refractivity contribution in [2.24, 2.45) is 0 Å². The number of piperidine rings is 1. The van der Waals surface area contributed by atoms with E-state index in [2.05, 4.69) is 16.5 Å². The van der Waals surface area contributed by atoms with Gasteiger partial charge in [0.15, 0.2) is 0 Å². The van der Waals surface area contributed by atoms with E-state index in [1.54, 1.807) is 12.1 Å². The van der Waals surface area contributed by atoms with Crippen LogP contribution < -0.4 is 4.72 Å². The van der Waals surface area contributed by atoms with Crippen LogP contribution in [-0.4, -0.2) is 40.9 Å². The minimum absolute atomic E-state index is 0.0513. The highest BCUT2D eigenvalue weighted by molar-refractivity contribution is 7.99. The van der Waals surface area contributed by atoms with Gasteiger partial charge in [-0.25, -0.2) is 13.2 Å². The zero-order valence-electron chi connectivity index (χ0n) is 21.8. The molecule has 9 heteroatoms. The number of nitrogens with one attached hydrogen (secondary N) is 1. The van der Waals surface area contributed by atoms with Gasteiger partial charge in [-0.3, -0.25) is 14.4 Å². The number of rotatable bonds is 10. The number of likely N-dealkylation sites (tertiary alicyclic amines) is 1. The summed E-state index contributed by atoms with van der Waals surface area (Å²) in [5.74, 6) is -1.09. The van der Waals surface area contributed by atoms with Gasteiger partial charge in [0.1, 0.15) is 17.3 Å². The molecule has 2 aromatic carbocycles. The van der Waals surface area contributed by atoms with E-state index in [4.69, 9.17) is 16.3 Å². The number of benzene rings is 2. The van der Waals surface area contributed by atoms with E-state index in [0.717, 1.165) is 36.8 Å². The standard InChI is InChI=1S/C29H34ClF3N2O2S/c1-18(20-11-22(30)14-23(31)12-20)35-9-7-29(33,8-10-35)17-37-16-21-13-26(32)25(15-24(21)19-3-4-19)27(36)34-38-28(2)5-6-28/h11-15,18-19H,3-10,16-17H2,1-2H3,(H,34,36). The SMILES string of the molecule is CC(c1cc(F)cc(Cl)c1)N1CCC(F)(COCc2cc(F)c(C(=O)NSC3(C)CC3)cc2C2CC2)CC1. The summed E-state index contributed by atoms with van der Waals surface area (Å²) < 4.78 is 53.0. The summed E-state index contributed by atoms with van der Waals surface area (Å²) in [7, 11) is 0. The molecule has 0 radical (unpaired) electrons. The fourth-order valence-corrected chi connectivity index (χ4v) is 6.02. The second-order valence-electron chi connectivity index (χ2n) is 11.3. The van der Waals surface area contributed by atoms with Gasteiger partial charge in [0.05, 0.1) is 18.8 Å². The molecule has 2 aromatic rings. The Morgan fingerprint density at radius 3 is 2.50 bits per heavy atom. The number of amides is 1. The molecule has 2 aliphatic carbocycles. The maximum Gasteiger partial charge on any atom is 0.264 e. The van der Waals surface area contributed by atoms with E-state index in [-0.39, 0.29) is 41.3 Å². The third-order valence-corrected chi connectivity index (χ3v) is 9.47. The van der Waals surface area contributed by atoms with Crippen LogP contribution in [-0.2, 0) is 11.3 Å². The van der Waals surface area contributed by atoms with Crippen molar-refractivity contribution in [1.82, 2.24) is 9.62 Å². The molecule has 4 nitrogen and oxygen atoms in total. The first kappa shape index (κ1) is 27.8. The van der Waals surface area contributed by atoms with Gasteiger partial charge >= 0.3 is 0 Å². The lowest BCUT2D eigenvalue weighted by Crippen LogP contribution is -2.45. The van der Waals surface area contributed by atoms with Crippen LogP contribution in [0.25, 0.3) is 0 Å². The Morgan fingerprint density at radius 2 is 1.87 bits per heavy atom. The first-order chi connectivity index (χ1) is 18.0. The number of carbonyl (C=O) groups excluding carboxylic acids is 1. The molecule has 2 saturated carbocycles. The Labute approximate surface area is 231 Å². The van der Waals surface area contributed by atoms with Crippen LogP contribution in [0.1, 0.15) is 91.4 Å². The number of nitrogens with zero attached hydrogens (tertiary/aromatic N) is 1. The zero-order chi connectivity index (χ0) is 27.1. The van der Waals surface area contributed by atoms with Crippen LogP contribution in [0.4, 0.5) is 13.2 Å². The van der Waals surface area contributed by atoms with Crippen molar-refractivity contribution in [3.8, 4) is 0 Å². The third-order valence-electron chi connectivity index (χ3n) is 8.06. The molecule has 1 saturated heterocycles. The quantitative estimate of drug-likeness (QED) is 0.302. The zero-order valence-corrected chi connectivity index (χ0v) is 23.4. The molecule has 1 aliphatic heterocycles. The number of hydrogen-bond acceptors (Lipinski definition) is 4. The molecule has 206 valence electrons. The molecule has 0 spiro atoms. The number of ether oxygens (including phenoxy) is 1. The van der Waals surface area contributed by atoms with E-state index < -0.39 is 17.4 Å². The van der Waals surface area contributed by atoms with Crippen LogP contribution in [0.3, 0.4) is 0 Å². The maximum atomic E-state index is 15.6. The molecule has 5 rings (SSSR count). The normalized spacial score (nSPS) is 21.2. The van der Waals surface area contributed by atoms with Crippen molar-refractivity contribution in [2.45, 2.75) is 81.4 Å². The van der Waals surface area contributed by atoms with Gasteiger partial charge in [-0.2, -0.15) is 0 Å². The van der Waals surface area contributed by atoms with Gasteiger partial charge in [0, 0.05) is 28.9 Å². The molecule has 38 heavy (non-hydrogen) atoms. The Balaban J connectivity index is 1.16. The average molecular weight is 567 g/mol. The molecule has 1 unspecified atom stereocenters. The summed E-state index contributed by atoms with van der Waals surface area (Å²) in [4.78, 5) is 14.7. The highest BCUT2D eigenvalue weighted by atomic mass is 35.5. The van der Waals surface area contributed by atoms with Gasteiger partial charge in [-0.15, -0.1) is 0 Å². The van der Waals surface area contributed by atoms with Crippen LogP contribution in [0, 0.1) is 11.6 Å². The summed E-state index contributed by atoms with van der Waals surface area (Å²) in [6, 6.07) is 7.43. The van der Waals surface area contributed by atoms with Gasteiger partial charge in [0.2, 0.25) is 0 Å². The minimum Gasteiger partial charge on any atom is -0.373 e. The summed E-state index contributed by atoms with van der Waals surface area (Å²) in [6.07, 6.45) is 4.64. The Bertz CT molecular complexity index is 1180. The van der Waals surface area contributed by atoms with Crippen molar-refractivity contribution >= 4 is 29.5 Å². The van der Waals surface area contributed by atoms with Gasteiger partial charge in [-0.05, 0) is 117 Å². The Morgan fingerprint density at radius 1 is 1.16 bits per heavy atom. The highest BCUT2D eigenvalue weighted by Crippen LogP contribution is 2.46. The lowest BCUT2D eigenvalue weighted by Gasteiger charge is -2.39. The second kappa shape index (κ2) is 11.0. The van der Waals surface area contributed by atoms with Crippen LogP contribution in [0.15, 0.2) is 30.3 Å². The molecule has 0 bridgehead atoms. The summed E-state index contributed by atoms with van der Waals surface area (Å²) in [6.45, 7) is 5.09. The molecular weight excluding hydrogens is 533 g/mol. The third kappa shape index (κ3) is 6.69. The molecule has 1 N–H and O–H groups in total. The lowest BCUT2D eigenvalue weighted by molar-refractivity contribution is -0.0367. The minimum atomic E-state index is -1.48. The summed E-state index contributed by atoms with van der Waals surface area (Å²) in [5.41, 5.74) is 0.940. The molecular formula is C29H34ClF3N2O2S. The van der Waals surface area contributed by atoms with Crippen molar-refractivity contribution in [2.75, 3.05) is 19.7 Å². The van der Waals surface area contributed by atoms with E-state index in [1.807, 2.05) is 6.92 Å². The molecule has 1 atom stereocenters. The maximum absolute atomic E-state index is 15.6. The van der Waals surface area contributed by atoms with Crippen molar-refractivity contribution in [3.63, 3.8) is 0 Å². The topological polar surface area (TPSA) is 41.6 Å². The van der Waals surface area contributed by atoms with E-state index in [0.29, 0.717) is 36.5 Å². The first-order valence-corrected chi connectivity index (χ1v) is 14.5. The lowest BCUT2D eigenvalue weighted by atomic mass is 9.92. The predicted octanol–water partition coefficient (Wildman–Crippen LogP) is 7.51. The number of hydrogen-bond donors (Lipinski definition) is 1. The Hall–Kier alpha value is -1.74. The molecule has 3 fully saturated rings. The van der Waals surface area contributed by atoms with E-state index in [1.165, 1.54) is 30.1 Å². The van der Waals surface area contributed by atoms with Gasteiger partial charge in [0.25, 0.3) is 5.91 Å². The largest absolute Gasteiger partial charge is 0.373 e. The predicted molar refractivity (Wildman–Crippen MR) is 145 cm³/mol. The summed E-state index contributed by atoms with van der Waals surface area (Å²) in [5, 5.41) is 0.347. The van der Waals surface area contributed by atoms with E-state index >= 15 is 4.39 Å². The smallest absolute Gasteiger partial charge is 0.264 e. The monoisotopic (exact) mass is 566 g/mol. The van der Waals surface area contributed by atoms with Gasteiger partial charge < -0.3 is 4.74 Å². The van der Waals surface area contributed by atoms with E-state index in [9.17, 15) is 13.6 Å². The highest BCUT2D eigenvalue weighted by Gasteiger charge is 2.39. The van der Waals surface area contributed by atoms with Crippen molar-refractivity contribution < 1.29 is 22.7 Å².